The van der Waals surface area contributed by atoms with Crippen molar-refractivity contribution >= 4 is 27.9 Å². The molecule has 0 atom stereocenters. The number of carbonyl (C=O) groups is 1. The molecule has 0 unspecified atom stereocenters. The predicted molar refractivity (Wildman–Crippen MR) is 50.4 cm³/mol. The van der Waals surface area contributed by atoms with Crippen LogP contribution in [0, 0.1) is 0 Å². The fourth-order valence-electron chi connectivity index (χ4n) is 0.916. The van der Waals surface area contributed by atoms with Crippen LogP contribution in [0.4, 0.5) is 11.4 Å². The Bertz CT molecular complexity index is 455. The van der Waals surface area contributed by atoms with Gasteiger partial charge >= 0.3 is 0 Å². The summed E-state index contributed by atoms with van der Waals surface area (Å²) >= 11 is 0. The molecule has 14 heavy (non-hydrogen) atoms. The molecule has 1 aromatic rings. The topological polar surface area (TPSA) is 109 Å². The SMILES string of the molecule is Nc1ccc(NC=O)cc1S(=O)(=O)O. The molecular weight excluding hydrogens is 208 g/mol. The second-order valence-electron chi connectivity index (χ2n) is 2.49. The Labute approximate surface area is 80.5 Å². The molecule has 0 aliphatic rings. The van der Waals surface area contributed by atoms with Gasteiger partial charge in [0, 0.05) is 5.69 Å². The Morgan fingerprint density at radius 2 is 2.07 bits per heavy atom. The minimum absolute atomic E-state index is 0.0797. The van der Waals surface area contributed by atoms with Gasteiger partial charge in [-0.1, -0.05) is 0 Å². The van der Waals surface area contributed by atoms with Crippen molar-refractivity contribution in [3.63, 3.8) is 0 Å². The van der Waals surface area contributed by atoms with Crippen molar-refractivity contribution in [2.24, 2.45) is 0 Å². The van der Waals surface area contributed by atoms with Crippen LogP contribution in [-0.4, -0.2) is 19.4 Å². The zero-order valence-electron chi connectivity index (χ0n) is 6.97. The van der Waals surface area contributed by atoms with Crippen LogP contribution in [0.15, 0.2) is 23.1 Å². The number of hydrogen-bond donors (Lipinski definition) is 3. The summed E-state index contributed by atoms with van der Waals surface area (Å²) in [5, 5.41) is 2.24. The van der Waals surface area contributed by atoms with Crippen LogP contribution in [0.2, 0.25) is 0 Å². The van der Waals surface area contributed by atoms with E-state index < -0.39 is 15.0 Å². The molecule has 0 radical (unpaired) electrons. The van der Waals surface area contributed by atoms with Gasteiger partial charge in [0.2, 0.25) is 6.41 Å². The fourth-order valence-corrected chi connectivity index (χ4v) is 1.56. The van der Waals surface area contributed by atoms with E-state index in [1.54, 1.807) is 0 Å². The van der Waals surface area contributed by atoms with Crippen LogP contribution in [-0.2, 0) is 14.9 Å². The number of nitrogens with two attached hydrogens (primary N) is 1. The normalized spacial score (nSPS) is 10.9. The molecule has 0 aliphatic carbocycles. The molecule has 0 saturated carbocycles. The highest BCUT2D eigenvalue weighted by Gasteiger charge is 2.13. The Morgan fingerprint density at radius 3 is 2.57 bits per heavy atom. The van der Waals surface area contributed by atoms with Gasteiger partial charge in [-0.25, -0.2) is 0 Å². The smallest absolute Gasteiger partial charge is 0.296 e. The van der Waals surface area contributed by atoms with E-state index in [-0.39, 0.29) is 11.4 Å². The van der Waals surface area contributed by atoms with Crippen molar-refractivity contribution in [2.75, 3.05) is 11.1 Å². The minimum Gasteiger partial charge on any atom is -0.398 e. The molecule has 0 fully saturated rings. The monoisotopic (exact) mass is 216 g/mol. The summed E-state index contributed by atoms with van der Waals surface area (Å²) in [7, 11) is -4.36. The highest BCUT2D eigenvalue weighted by atomic mass is 32.2. The summed E-state index contributed by atoms with van der Waals surface area (Å²) in [6.07, 6.45) is 0.388. The molecule has 7 heteroatoms. The number of anilines is 2. The van der Waals surface area contributed by atoms with Gasteiger partial charge in [-0.2, -0.15) is 8.42 Å². The first-order valence-corrected chi connectivity index (χ1v) is 4.96. The molecular formula is C7H8N2O4S. The first-order valence-electron chi connectivity index (χ1n) is 3.52. The number of carbonyl (C=O) groups excluding carboxylic acids is 1. The number of nitrogens with one attached hydrogen (secondary N) is 1. The lowest BCUT2D eigenvalue weighted by atomic mass is 10.3. The maximum absolute atomic E-state index is 10.8. The molecule has 0 bridgehead atoms. The van der Waals surface area contributed by atoms with E-state index in [0.29, 0.717) is 6.41 Å². The molecule has 4 N–H and O–H groups in total. The van der Waals surface area contributed by atoms with Gasteiger partial charge in [0.15, 0.2) is 0 Å². The van der Waals surface area contributed by atoms with Crippen LogP contribution in [0.5, 0.6) is 0 Å². The highest BCUT2D eigenvalue weighted by Crippen LogP contribution is 2.21. The van der Waals surface area contributed by atoms with E-state index in [4.69, 9.17) is 10.3 Å². The summed E-state index contributed by atoms with van der Waals surface area (Å²) < 4.78 is 30.3. The zero-order chi connectivity index (χ0) is 10.8. The van der Waals surface area contributed by atoms with Gasteiger partial charge in [0.25, 0.3) is 10.1 Å². The molecule has 1 aromatic carbocycles. The van der Waals surface area contributed by atoms with Crippen molar-refractivity contribution in [1.82, 2.24) is 0 Å². The van der Waals surface area contributed by atoms with E-state index in [1.807, 2.05) is 0 Å². The third kappa shape index (κ3) is 2.21. The molecule has 0 heterocycles. The number of benzene rings is 1. The second-order valence-corrected chi connectivity index (χ2v) is 3.88. The number of rotatable bonds is 3. The van der Waals surface area contributed by atoms with Gasteiger partial charge in [0.05, 0.1) is 5.69 Å². The van der Waals surface area contributed by atoms with Crippen LogP contribution < -0.4 is 11.1 Å². The highest BCUT2D eigenvalue weighted by molar-refractivity contribution is 7.86. The standard InChI is InChI=1S/C7H8N2O4S/c8-6-2-1-5(9-4-10)3-7(6)14(11,12)13/h1-4H,8H2,(H,9,10)(H,11,12,13). The molecule has 0 spiro atoms. The maximum Gasteiger partial charge on any atom is 0.296 e. The lowest BCUT2D eigenvalue weighted by molar-refractivity contribution is -0.105. The first kappa shape index (κ1) is 10.5. The van der Waals surface area contributed by atoms with Gasteiger partial charge in [-0.3, -0.25) is 9.35 Å². The van der Waals surface area contributed by atoms with E-state index >= 15 is 0 Å². The van der Waals surface area contributed by atoms with Crippen molar-refractivity contribution in [1.29, 1.82) is 0 Å². The average Bonchev–Trinajstić information content (AvgIpc) is 2.07. The second kappa shape index (κ2) is 3.64. The summed E-state index contributed by atoms with van der Waals surface area (Å²) in [6, 6.07) is 3.76. The third-order valence-electron chi connectivity index (χ3n) is 1.52. The predicted octanol–water partition coefficient (Wildman–Crippen LogP) is 0.0838. The van der Waals surface area contributed by atoms with E-state index in [9.17, 15) is 13.2 Å². The fraction of sp³-hybridized carbons (Fsp3) is 0. The van der Waals surface area contributed by atoms with E-state index in [1.165, 1.54) is 12.1 Å². The summed E-state index contributed by atoms with van der Waals surface area (Å²) in [4.78, 5) is 9.64. The molecule has 6 nitrogen and oxygen atoms in total. The van der Waals surface area contributed by atoms with Crippen molar-refractivity contribution in [3.8, 4) is 0 Å². The Hall–Kier alpha value is -1.60. The molecule has 0 saturated heterocycles. The third-order valence-corrected chi connectivity index (χ3v) is 2.43. The van der Waals surface area contributed by atoms with Crippen molar-refractivity contribution in [3.05, 3.63) is 18.2 Å². The van der Waals surface area contributed by atoms with Crippen LogP contribution in [0.25, 0.3) is 0 Å². The molecule has 0 aromatic heterocycles. The van der Waals surface area contributed by atoms with E-state index in [2.05, 4.69) is 5.32 Å². The Morgan fingerprint density at radius 1 is 1.43 bits per heavy atom. The first-order chi connectivity index (χ1) is 6.45. The van der Waals surface area contributed by atoms with Gasteiger partial charge in [-0.15, -0.1) is 0 Å². The van der Waals surface area contributed by atoms with Gasteiger partial charge < -0.3 is 11.1 Å². The largest absolute Gasteiger partial charge is 0.398 e. The van der Waals surface area contributed by atoms with Gasteiger partial charge in [0.1, 0.15) is 4.90 Å². The lowest BCUT2D eigenvalue weighted by Gasteiger charge is -2.04. The summed E-state index contributed by atoms with van der Waals surface area (Å²) in [5.41, 5.74) is 5.47. The Kier molecular flexibility index (Phi) is 2.73. The van der Waals surface area contributed by atoms with E-state index in [0.717, 1.165) is 6.07 Å². The lowest BCUT2D eigenvalue weighted by Crippen LogP contribution is -2.04. The molecule has 1 rings (SSSR count). The Balaban J connectivity index is 3.29. The average molecular weight is 216 g/mol. The van der Waals surface area contributed by atoms with Crippen molar-refractivity contribution in [2.45, 2.75) is 4.90 Å². The summed E-state index contributed by atoms with van der Waals surface area (Å²) in [6.45, 7) is 0. The maximum atomic E-state index is 10.8. The zero-order valence-corrected chi connectivity index (χ0v) is 7.78. The molecule has 76 valence electrons. The van der Waals surface area contributed by atoms with Crippen LogP contribution >= 0.6 is 0 Å². The molecule has 1 amide bonds. The molecule has 0 aliphatic heterocycles. The van der Waals surface area contributed by atoms with Crippen LogP contribution in [0.3, 0.4) is 0 Å². The quantitative estimate of drug-likeness (QED) is 0.376. The summed E-state index contributed by atoms with van der Waals surface area (Å²) in [5.74, 6) is 0. The van der Waals surface area contributed by atoms with Crippen molar-refractivity contribution < 1.29 is 17.8 Å². The minimum atomic E-state index is -4.36. The number of amides is 1. The number of nitrogen functional groups attached to an aromatic ring is 1. The van der Waals surface area contributed by atoms with Crippen LogP contribution in [0.1, 0.15) is 0 Å². The van der Waals surface area contributed by atoms with Gasteiger partial charge in [-0.05, 0) is 18.2 Å². The number of hydrogen-bond acceptors (Lipinski definition) is 4.